The molecule has 3 nitrogen and oxygen atoms in total. The fraction of sp³-hybridized carbons (Fsp3) is 0.474. The molecule has 23 heavy (non-hydrogen) atoms. The maximum atomic E-state index is 13.2. The first kappa shape index (κ1) is 19.1. The van der Waals surface area contributed by atoms with Gasteiger partial charge in [-0.3, -0.25) is 0 Å². The Bertz CT molecular complexity index is 659. The van der Waals surface area contributed by atoms with Crippen molar-refractivity contribution >= 4 is 5.82 Å². The van der Waals surface area contributed by atoms with Crippen LogP contribution in [0.15, 0.2) is 18.2 Å². The van der Waals surface area contributed by atoms with Crippen molar-refractivity contribution in [2.75, 3.05) is 5.32 Å². The summed E-state index contributed by atoms with van der Waals surface area (Å²) >= 11 is 0. The number of hydrogen-bond acceptors (Lipinski definition) is 3. The second kappa shape index (κ2) is 8.61. The highest BCUT2D eigenvalue weighted by atomic mass is 19.1. The summed E-state index contributed by atoms with van der Waals surface area (Å²) in [6.07, 6.45) is 0.882. The number of hydrogen-bond donors (Lipinski definition) is 1. The molecule has 0 unspecified atom stereocenters. The zero-order chi connectivity index (χ0) is 17.6. The zero-order valence-corrected chi connectivity index (χ0v) is 15.3. The molecule has 0 bridgehead atoms. The van der Waals surface area contributed by atoms with Crippen LogP contribution in [0, 0.1) is 26.6 Å². The van der Waals surface area contributed by atoms with Crippen molar-refractivity contribution in [3.05, 3.63) is 52.0 Å². The van der Waals surface area contributed by atoms with Gasteiger partial charge in [0.15, 0.2) is 5.82 Å². The van der Waals surface area contributed by atoms with Gasteiger partial charge < -0.3 is 5.32 Å². The van der Waals surface area contributed by atoms with Crippen LogP contribution in [0.3, 0.4) is 0 Å². The molecule has 0 aliphatic carbocycles. The third-order valence-corrected chi connectivity index (χ3v) is 4.01. The molecule has 1 aromatic carbocycles. The Morgan fingerprint density at radius 2 is 1.78 bits per heavy atom. The molecule has 2 rings (SSSR count). The molecule has 1 aromatic heterocycles. The van der Waals surface area contributed by atoms with Crippen LogP contribution in [0.2, 0.25) is 0 Å². The summed E-state index contributed by atoms with van der Waals surface area (Å²) in [6, 6.07) is 4.91. The molecule has 0 spiro atoms. The molecular formula is C19H30FN3. The minimum Gasteiger partial charge on any atom is -0.362 e. The van der Waals surface area contributed by atoms with Gasteiger partial charge in [-0.15, -0.1) is 5.10 Å². The van der Waals surface area contributed by atoms with Gasteiger partial charge >= 0.3 is 0 Å². The predicted molar refractivity (Wildman–Crippen MR) is 97.5 cm³/mol. The maximum absolute atomic E-state index is 13.2. The Balaban J connectivity index is 0.00000170. The quantitative estimate of drug-likeness (QED) is 0.803. The molecule has 0 aliphatic heterocycles. The molecule has 0 fully saturated rings. The summed E-state index contributed by atoms with van der Waals surface area (Å²) in [6.45, 7) is 14.2. The van der Waals surface area contributed by atoms with Crippen LogP contribution in [0.25, 0.3) is 0 Å². The van der Waals surface area contributed by atoms with Gasteiger partial charge in [0.2, 0.25) is 0 Å². The highest BCUT2D eigenvalue weighted by Crippen LogP contribution is 2.25. The second-order valence-electron chi connectivity index (χ2n) is 5.47. The van der Waals surface area contributed by atoms with Crippen LogP contribution in [0.5, 0.6) is 0 Å². The Morgan fingerprint density at radius 1 is 1.13 bits per heavy atom. The number of nitrogens with zero attached hydrogens (tertiary/aromatic N) is 2. The molecular weight excluding hydrogens is 289 g/mol. The van der Waals surface area contributed by atoms with Crippen LogP contribution < -0.4 is 5.32 Å². The van der Waals surface area contributed by atoms with Crippen molar-refractivity contribution in [2.45, 2.75) is 60.9 Å². The van der Waals surface area contributed by atoms with Gasteiger partial charge in [-0.1, -0.05) is 26.8 Å². The topological polar surface area (TPSA) is 37.8 Å². The van der Waals surface area contributed by atoms with Gasteiger partial charge in [0, 0.05) is 1.43 Å². The number of aromatic nitrogens is 2. The van der Waals surface area contributed by atoms with Crippen LogP contribution in [0.4, 0.5) is 10.2 Å². The molecule has 0 radical (unpaired) electrons. The van der Waals surface area contributed by atoms with Crippen molar-refractivity contribution in [1.82, 2.24) is 10.2 Å². The van der Waals surface area contributed by atoms with Gasteiger partial charge in [-0.25, -0.2) is 4.39 Å². The summed E-state index contributed by atoms with van der Waals surface area (Å²) < 4.78 is 13.2. The van der Waals surface area contributed by atoms with Crippen molar-refractivity contribution in [1.29, 1.82) is 0 Å². The number of benzene rings is 1. The second-order valence-corrected chi connectivity index (χ2v) is 5.47. The van der Waals surface area contributed by atoms with E-state index < -0.39 is 0 Å². The highest BCUT2D eigenvalue weighted by Gasteiger charge is 2.13. The molecule has 1 N–H and O–H groups in total. The average Bonchev–Trinajstić information content (AvgIpc) is 2.54. The first-order valence-corrected chi connectivity index (χ1v) is 8.29. The SMILES string of the molecule is CC.CCc1nnc(N[C@@H](C)c2ccc(F)cc2C)c(C)c1C.[HH]. The van der Waals surface area contributed by atoms with E-state index >= 15 is 0 Å². The molecule has 0 aliphatic rings. The van der Waals surface area contributed by atoms with E-state index in [4.69, 9.17) is 0 Å². The van der Waals surface area contributed by atoms with E-state index in [1.807, 2.05) is 33.8 Å². The van der Waals surface area contributed by atoms with Gasteiger partial charge in [-0.2, -0.15) is 5.10 Å². The number of rotatable bonds is 4. The summed E-state index contributed by atoms with van der Waals surface area (Å²) in [5, 5.41) is 11.9. The lowest BCUT2D eigenvalue weighted by molar-refractivity contribution is 0.624. The standard InChI is InChI=1S/C17H22FN3.C2H6.H2/c1-6-16-11(3)12(4)17(21-20-16)19-13(5)15-8-7-14(18)9-10(15)2;1-2;/h7-9,13H,6H2,1-5H3,(H,19,21);1-2H3;1H/t13-;;/m0../s1. The van der Waals surface area contributed by atoms with Crippen molar-refractivity contribution < 1.29 is 5.82 Å². The Morgan fingerprint density at radius 3 is 2.35 bits per heavy atom. The number of halogens is 1. The molecule has 0 amide bonds. The first-order chi connectivity index (χ1) is 10.9. The van der Waals surface area contributed by atoms with E-state index in [2.05, 4.69) is 36.3 Å². The fourth-order valence-corrected chi connectivity index (χ4v) is 2.54. The Hall–Kier alpha value is -1.97. The maximum Gasteiger partial charge on any atom is 0.152 e. The van der Waals surface area contributed by atoms with Crippen LogP contribution in [-0.2, 0) is 6.42 Å². The van der Waals surface area contributed by atoms with Gasteiger partial charge in [0.25, 0.3) is 0 Å². The molecule has 4 heteroatoms. The van der Waals surface area contributed by atoms with Crippen LogP contribution >= 0.6 is 0 Å². The highest BCUT2D eigenvalue weighted by molar-refractivity contribution is 5.49. The van der Waals surface area contributed by atoms with E-state index in [1.165, 1.54) is 11.6 Å². The summed E-state index contributed by atoms with van der Waals surface area (Å²) in [5.41, 5.74) is 5.33. The van der Waals surface area contributed by atoms with Crippen LogP contribution in [-0.4, -0.2) is 10.2 Å². The fourth-order valence-electron chi connectivity index (χ4n) is 2.54. The summed E-state index contributed by atoms with van der Waals surface area (Å²) in [5.74, 6) is 0.587. The van der Waals surface area contributed by atoms with Gasteiger partial charge in [-0.05, 0) is 68.5 Å². The lowest BCUT2D eigenvalue weighted by atomic mass is 10.0. The third-order valence-electron chi connectivity index (χ3n) is 4.01. The van der Waals surface area contributed by atoms with E-state index in [1.54, 1.807) is 6.07 Å². The van der Waals surface area contributed by atoms with Gasteiger partial charge in [0.05, 0.1) is 11.7 Å². The number of nitrogens with one attached hydrogen (secondary N) is 1. The largest absolute Gasteiger partial charge is 0.362 e. The van der Waals surface area contributed by atoms with E-state index in [0.29, 0.717) is 0 Å². The number of anilines is 1. The van der Waals surface area contributed by atoms with E-state index in [0.717, 1.165) is 34.6 Å². The van der Waals surface area contributed by atoms with Crippen molar-refractivity contribution in [3.8, 4) is 0 Å². The van der Waals surface area contributed by atoms with E-state index in [9.17, 15) is 4.39 Å². The molecule has 1 atom stereocenters. The summed E-state index contributed by atoms with van der Waals surface area (Å²) in [7, 11) is 0. The van der Waals surface area contributed by atoms with Crippen molar-refractivity contribution in [2.24, 2.45) is 0 Å². The minimum absolute atomic E-state index is 0. The molecule has 1 heterocycles. The molecule has 0 saturated heterocycles. The van der Waals surface area contributed by atoms with Crippen molar-refractivity contribution in [3.63, 3.8) is 0 Å². The minimum atomic E-state index is -0.206. The molecule has 128 valence electrons. The Kier molecular flexibility index (Phi) is 7.14. The molecule has 2 aromatic rings. The average molecular weight is 319 g/mol. The lowest BCUT2D eigenvalue weighted by Gasteiger charge is -2.19. The molecule has 0 saturated carbocycles. The number of aryl methyl sites for hydroxylation is 2. The first-order valence-electron chi connectivity index (χ1n) is 8.29. The predicted octanol–water partition coefficient (Wildman–Crippen LogP) is 5.55. The third kappa shape index (κ3) is 4.50. The monoisotopic (exact) mass is 319 g/mol. The van der Waals surface area contributed by atoms with Crippen LogP contribution in [0.1, 0.15) is 63.1 Å². The smallest absolute Gasteiger partial charge is 0.152 e. The Labute approximate surface area is 140 Å². The summed E-state index contributed by atoms with van der Waals surface area (Å²) in [4.78, 5) is 0. The van der Waals surface area contributed by atoms with Gasteiger partial charge in [0.1, 0.15) is 5.82 Å². The van der Waals surface area contributed by atoms with E-state index in [-0.39, 0.29) is 13.3 Å². The zero-order valence-electron chi connectivity index (χ0n) is 15.3. The normalized spacial score (nSPS) is 11.5. The lowest BCUT2D eigenvalue weighted by Crippen LogP contribution is -2.13.